The number of methoxy groups -OCH3 is 2. The molecule has 5 nitrogen and oxygen atoms in total. The van der Waals surface area contributed by atoms with Crippen LogP contribution in [0.15, 0.2) is 48.5 Å². The summed E-state index contributed by atoms with van der Waals surface area (Å²) in [5.74, 6) is 0.536. The van der Waals surface area contributed by atoms with Gasteiger partial charge < -0.3 is 9.47 Å². The van der Waals surface area contributed by atoms with E-state index < -0.39 is 6.10 Å². The number of anilines is 1. The molecule has 2 unspecified atom stereocenters. The zero-order valence-corrected chi connectivity index (χ0v) is 13.3. The van der Waals surface area contributed by atoms with Crippen LogP contribution in [0.1, 0.15) is 11.3 Å². The lowest BCUT2D eigenvalue weighted by molar-refractivity contribution is -0.129. The van der Waals surface area contributed by atoms with Crippen LogP contribution in [-0.4, -0.2) is 43.9 Å². The molecule has 0 N–H and O–H groups in total. The largest absolute Gasteiger partial charge is 0.376 e. The Bertz CT molecular complexity index is 675. The van der Waals surface area contributed by atoms with Crippen molar-refractivity contribution in [3.63, 3.8) is 0 Å². The van der Waals surface area contributed by atoms with E-state index in [1.54, 1.807) is 12.0 Å². The van der Waals surface area contributed by atoms with Gasteiger partial charge in [0, 0.05) is 26.3 Å². The van der Waals surface area contributed by atoms with Crippen LogP contribution < -0.4 is 4.90 Å². The number of carbonyl (C=O) groups is 1. The first kappa shape index (κ1) is 15.6. The summed E-state index contributed by atoms with van der Waals surface area (Å²) in [5.41, 5.74) is 2.12. The third kappa shape index (κ3) is 3.25. The van der Waals surface area contributed by atoms with Gasteiger partial charge in [-0.05, 0) is 17.7 Å². The summed E-state index contributed by atoms with van der Waals surface area (Å²) in [5, 5.41) is 0. The molecule has 0 bridgehead atoms. The number of benzene rings is 1. The SMILES string of the molecule is COC1CN(c2cccc(Cc3ccccc3)n2)C(=O)C1OC. The lowest BCUT2D eigenvalue weighted by Crippen LogP contribution is -2.32. The number of hydrogen-bond donors (Lipinski definition) is 0. The standard InChI is InChI=1S/C18H20N2O3/c1-22-15-12-20(18(21)17(15)23-2)16-10-6-9-14(19-16)11-13-7-4-3-5-8-13/h3-10,15,17H,11-12H2,1-2H3. The van der Waals surface area contributed by atoms with Crippen LogP contribution in [0.25, 0.3) is 0 Å². The Morgan fingerprint density at radius 3 is 2.52 bits per heavy atom. The summed E-state index contributed by atoms with van der Waals surface area (Å²) in [6.07, 6.45) is -0.107. The van der Waals surface area contributed by atoms with Gasteiger partial charge in [-0.15, -0.1) is 0 Å². The zero-order chi connectivity index (χ0) is 16.2. The maximum Gasteiger partial charge on any atom is 0.260 e. The van der Waals surface area contributed by atoms with E-state index in [0.29, 0.717) is 12.4 Å². The van der Waals surface area contributed by atoms with Gasteiger partial charge in [0.15, 0.2) is 6.10 Å². The van der Waals surface area contributed by atoms with E-state index >= 15 is 0 Å². The number of rotatable bonds is 5. The predicted octanol–water partition coefficient (Wildman–Crippen LogP) is 2.05. The van der Waals surface area contributed by atoms with Crippen LogP contribution in [0.4, 0.5) is 5.82 Å². The third-order valence-corrected chi connectivity index (χ3v) is 4.06. The van der Waals surface area contributed by atoms with Gasteiger partial charge in [-0.25, -0.2) is 4.98 Å². The molecule has 2 aromatic rings. The Morgan fingerprint density at radius 2 is 1.87 bits per heavy atom. The quantitative estimate of drug-likeness (QED) is 0.848. The molecule has 1 aliphatic heterocycles. The number of amides is 1. The molecular weight excluding hydrogens is 292 g/mol. The molecule has 0 spiro atoms. The number of pyridine rings is 1. The normalized spacial score (nSPS) is 21.0. The number of nitrogens with zero attached hydrogens (tertiary/aromatic N) is 2. The molecule has 1 fully saturated rings. The second kappa shape index (κ2) is 6.89. The third-order valence-electron chi connectivity index (χ3n) is 4.06. The van der Waals surface area contributed by atoms with E-state index in [0.717, 1.165) is 12.1 Å². The van der Waals surface area contributed by atoms with Gasteiger partial charge in [0.1, 0.15) is 11.9 Å². The lowest BCUT2D eigenvalue weighted by atomic mass is 10.1. The highest BCUT2D eigenvalue weighted by molar-refractivity contribution is 5.98. The molecule has 1 aromatic heterocycles. The molecule has 3 rings (SSSR count). The second-order valence-electron chi connectivity index (χ2n) is 5.53. The van der Waals surface area contributed by atoms with E-state index in [-0.39, 0.29) is 12.0 Å². The fourth-order valence-electron chi connectivity index (χ4n) is 2.86. The van der Waals surface area contributed by atoms with Crippen LogP contribution in [0.3, 0.4) is 0 Å². The van der Waals surface area contributed by atoms with Gasteiger partial charge in [0.25, 0.3) is 5.91 Å². The first-order valence-corrected chi connectivity index (χ1v) is 7.59. The highest BCUT2D eigenvalue weighted by Crippen LogP contribution is 2.23. The highest BCUT2D eigenvalue weighted by atomic mass is 16.5. The van der Waals surface area contributed by atoms with Crippen molar-refractivity contribution in [3.05, 3.63) is 59.8 Å². The van der Waals surface area contributed by atoms with Crippen LogP contribution >= 0.6 is 0 Å². The average Bonchev–Trinajstić information content (AvgIpc) is 2.92. The van der Waals surface area contributed by atoms with Crippen molar-refractivity contribution in [1.29, 1.82) is 0 Å². The number of ether oxygens (including phenoxy) is 2. The highest BCUT2D eigenvalue weighted by Gasteiger charge is 2.42. The molecule has 23 heavy (non-hydrogen) atoms. The van der Waals surface area contributed by atoms with Crippen molar-refractivity contribution in [3.8, 4) is 0 Å². The average molecular weight is 312 g/mol. The van der Waals surface area contributed by atoms with E-state index in [1.807, 2.05) is 36.4 Å². The molecular formula is C18H20N2O3. The molecule has 1 aromatic carbocycles. The maximum absolute atomic E-state index is 12.5. The van der Waals surface area contributed by atoms with Crippen LogP contribution in [0, 0.1) is 0 Å². The second-order valence-corrected chi connectivity index (χ2v) is 5.53. The molecule has 120 valence electrons. The Labute approximate surface area is 135 Å². The van der Waals surface area contributed by atoms with E-state index in [2.05, 4.69) is 17.1 Å². The molecule has 2 atom stereocenters. The molecule has 5 heteroatoms. The van der Waals surface area contributed by atoms with E-state index in [9.17, 15) is 4.79 Å². The first-order chi connectivity index (χ1) is 11.2. The summed E-state index contributed by atoms with van der Waals surface area (Å²) in [6, 6.07) is 15.9. The minimum atomic E-state index is -0.570. The van der Waals surface area contributed by atoms with Crippen molar-refractivity contribution in [2.24, 2.45) is 0 Å². The van der Waals surface area contributed by atoms with Crippen molar-refractivity contribution < 1.29 is 14.3 Å². The van der Waals surface area contributed by atoms with Crippen molar-refractivity contribution in [1.82, 2.24) is 4.98 Å². The smallest absolute Gasteiger partial charge is 0.260 e. The van der Waals surface area contributed by atoms with Gasteiger partial charge in [-0.3, -0.25) is 9.69 Å². The van der Waals surface area contributed by atoms with Crippen molar-refractivity contribution in [2.75, 3.05) is 25.7 Å². The molecule has 0 saturated carbocycles. The summed E-state index contributed by atoms with van der Waals surface area (Å²) in [4.78, 5) is 18.7. The van der Waals surface area contributed by atoms with Gasteiger partial charge >= 0.3 is 0 Å². The summed E-state index contributed by atoms with van der Waals surface area (Å²) in [6.45, 7) is 0.454. The predicted molar refractivity (Wildman–Crippen MR) is 87.4 cm³/mol. The summed E-state index contributed by atoms with van der Waals surface area (Å²) < 4.78 is 10.6. The van der Waals surface area contributed by atoms with E-state index in [1.165, 1.54) is 12.7 Å². The first-order valence-electron chi connectivity index (χ1n) is 7.59. The van der Waals surface area contributed by atoms with Gasteiger partial charge in [-0.1, -0.05) is 36.4 Å². The molecule has 1 aliphatic rings. The Hall–Kier alpha value is -2.24. The van der Waals surface area contributed by atoms with Crippen LogP contribution in [-0.2, 0) is 20.7 Å². The van der Waals surface area contributed by atoms with Crippen molar-refractivity contribution in [2.45, 2.75) is 18.6 Å². The summed E-state index contributed by atoms with van der Waals surface area (Å²) in [7, 11) is 3.12. The van der Waals surface area contributed by atoms with Gasteiger partial charge in [0.2, 0.25) is 0 Å². The minimum absolute atomic E-state index is 0.108. The van der Waals surface area contributed by atoms with Crippen molar-refractivity contribution >= 4 is 11.7 Å². The maximum atomic E-state index is 12.5. The monoisotopic (exact) mass is 312 g/mol. The Morgan fingerprint density at radius 1 is 1.09 bits per heavy atom. The van der Waals surface area contributed by atoms with E-state index in [4.69, 9.17) is 9.47 Å². The van der Waals surface area contributed by atoms with Gasteiger partial charge in [-0.2, -0.15) is 0 Å². The topological polar surface area (TPSA) is 51.7 Å². The molecule has 1 amide bonds. The molecule has 0 aliphatic carbocycles. The van der Waals surface area contributed by atoms with Crippen LogP contribution in [0.2, 0.25) is 0 Å². The molecule has 0 radical (unpaired) electrons. The number of aromatic nitrogens is 1. The minimum Gasteiger partial charge on any atom is -0.376 e. The Kier molecular flexibility index (Phi) is 4.69. The Balaban J connectivity index is 1.81. The lowest BCUT2D eigenvalue weighted by Gasteiger charge is -2.15. The molecule has 2 heterocycles. The van der Waals surface area contributed by atoms with Crippen LogP contribution in [0.5, 0.6) is 0 Å². The fraction of sp³-hybridized carbons (Fsp3) is 0.333. The zero-order valence-electron chi connectivity index (χ0n) is 13.3. The number of hydrogen-bond acceptors (Lipinski definition) is 4. The number of carbonyl (C=O) groups excluding carboxylic acids is 1. The molecule has 1 saturated heterocycles. The summed E-state index contributed by atoms with van der Waals surface area (Å²) >= 11 is 0. The fourth-order valence-corrected chi connectivity index (χ4v) is 2.86. The van der Waals surface area contributed by atoms with Gasteiger partial charge in [0.05, 0.1) is 6.54 Å².